The lowest BCUT2D eigenvalue weighted by Gasteiger charge is -2.24. The van der Waals surface area contributed by atoms with Gasteiger partial charge in [-0.3, -0.25) is 4.79 Å². The SMILES string of the molecule is COc1ccc2c(c1)C(=O)C1=Nc3ccccc3CN12. The van der Waals surface area contributed by atoms with Gasteiger partial charge in [0.05, 0.1) is 30.6 Å². The fourth-order valence-corrected chi connectivity index (χ4v) is 2.73. The molecule has 2 aromatic rings. The van der Waals surface area contributed by atoms with Crippen LogP contribution in [-0.4, -0.2) is 18.7 Å². The summed E-state index contributed by atoms with van der Waals surface area (Å²) in [5.41, 5.74) is 3.58. The van der Waals surface area contributed by atoms with Gasteiger partial charge in [-0.05, 0) is 29.8 Å². The van der Waals surface area contributed by atoms with Crippen LogP contribution in [0, 0.1) is 0 Å². The number of methoxy groups -OCH3 is 1. The maximum atomic E-state index is 12.5. The third-order valence-corrected chi connectivity index (χ3v) is 3.74. The van der Waals surface area contributed by atoms with Crippen LogP contribution in [0.5, 0.6) is 5.75 Å². The summed E-state index contributed by atoms with van der Waals surface area (Å²) >= 11 is 0. The van der Waals surface area contributed by atoms with E-state index in [9.17, 15) is 4.79 Å². The highest BCUT2D eigenvalue weighted by Gasteiger charge is 2.36. The minimum Gasteiger partial charge on any atom is -0.497 e. The van der Waals surface area contributed by atoms with Crippen LogP contribution in [0.15, 0.2) is 47.5 Å². The Morgan fingerprint density at radius 2 is 2.05 bits per heavy atom. The fourth-order valence-electron chi connectivity index (χ4n) is 2.73. The lowest BCUT2D eigenvalue weighted by Crippen LogP contribution is -2.31. The van der Waals surface area contributed by atoms with Gasteiger partial charge in [-0.1, -0.05) is 18.2 Å². The summed E-state index contributed by atoms with van der Waals surface area (Å²) < 4.78 is 5.19. The smallest absolute Gasteiger partial charge is 0.230 e. The van der Waals surface area contributed by atoms with Crippen molar-refractivity contribution in [1.29, 1.82) is 0 Å². The second-order valence-corrected chi connectivity index (χ2v) is 4.86. The number of rotatable bonds is 1. The van der Waals surface area contributed by atoms with Crippen LogP contribution >= 0.6 is 0 Å². The quantitative estimate of drug-likeness (QED) is 0.795. The van der Waals surface area contributed by atoms with Crippen LogP contribution in [0.1, 0.15) is 15.9 Å². The number of amidine groups is 1. The average Bonchev–Trinajstić information content (AvgIpc) is 2.77. The van der Waals surface area contributed by atoms with E-state index in [0.717, 1.165) is 16.9 Å². The van der Waals surface area contributed by atoms with Crippen molar-refractivity contribution >= 4 is 23.0 Å². The van der Waals surface area contributed by atoms with Crippen LogP contribution in [0.3, 0.4) is 0 Å². The van der Waals surface area contributed by atoms with E-state index in [-0.39, 0.29) is 5.78 Å². The molecule has 0 radical (unpaired) electrons. The van der Waals surface area contributed by atoms with Crippen molar-refractivity contribution in [2.24, 2.45) is 4.99 Å². The lowest BCUT2D eigenvalue weighted by molar-refractivity contribution is 0.106. The third-order valence-electron chi connectivity index (χ3n) is 3.74. The van der Waals surface area contributed by atoms with Crippen molar-refractivity contribution in [3.63, 3.8) is 0 Å². The Morgan fingerprint density at radius 3 is 2.90 bits per heavy atom. The Labute approximate surface area is 116 Å². The summed E-state index contributed by atoms with van der Waals surface area (Å²) in [5.74, 6) is 1.16. The second-order valence-electron chi connectivity index (χ2n) is 4.86. The standard InChI is InChI=1S/C16H12N2O2/c1-20-11-6-7-14-12(8-11)15(19)16-17-13-5-3-2-4-10(13)9-18(14)16/h2-8H,9H2,1H3. The Kier molecular flexibility index (Phi) is 2.21. The molecule has 2 heterocycles. The number of ether oxygens (including phenoxy) is 1. The molecule has 0 bridgehead atoms. The largest absolute Gasteiger partial charge is 0.497 e. The zero-order valence-electron chi connectivity index (χ0n) is 11.0. The zero-order valence-corrected chi connectivity index (χ0v) is 11.0. The molecule has 0 aliphatic carbocycles. The van der Waals surface area contributed by atoms with Gasteiger partial charge in [0.2, 0.25) is 5.78 Å². The minimum absolute atomic E-state index is 0.0339. The van der Waals surface area contributed by atoms with E-state index in [4.69, 9.17) is 4.74 Å². The molecule has 4 heteroatoms. The monoisotopic (exact) mass is 264 g/mol. The van der Waals surface area contributed by atoms with E-state index >= 15 is 0 Å². The molecule has 2 aromatic carbocycles. The molecule has 0 fully saturated rings. The molecule has 2 aliphatic rings. The number of benzene rings is 2. The number of carbonyl (C=O) groups is 1. The Balaban J connectivity index is 1.89. The van der Waals surface area contributed by atoms with Gasteiger partial charge in [0.15, 0.2) is 5.84 Å². The van der Waals surface area contributed by atoms with Crippen LogP contribution in [0.25, 0.3) is 0 Å². The number of nitrogens with zero attached hydrogens (tertiary/aromatic N) is 2. The molecular formula is C16H12N2O2. The maximum Gasteiger partial charge on any atom is 0.230 e. The van der Waals surface area contributed by atoms with Crippen molar-refractivity contribution in [3.8, 4) is 5.75 Å². The molecule has 0 saturated heterocycles. The van der Waals surface area contributed by atoms with E-state index in [2.05, 4.69) is 4.99 Å². The first-order valence-corrected chi connectivity index (χ1v) is 6.45. The molecule has 98 valence electrons. The molecule has 2 aliphatic heterocycles. The summed E-state index contributed by atoms with van der Waals surface area (Å²) in [7, 11) is 1.60. The van der Waals surface area contributed by atoms with Gasteiger partial charge >= 0.3 is 0 Å². The number of aliphatic imine (C=N–C) groups is 1. The van der Waals surface area contributed by atoms with Gasteiger partial charge in [0.25, 0.3) is 0 Å². The van der Waals surface area contributed by atoms with Crippen molar-refractivity contribution < 1.29 is 9.53 Å². The molecule has 20 heavy (non-hydrogen) atoms. The molecule has 0 saturated carbocycles. The highest BCUT2D eigenvalue weighted by Crippen LogP contribution is 2.38. The molecule has 4 nitrogen and oxygen atoms in total. The third kappa shape index (κ3) is 1.42. The van der Waals surface area contributed by atoms with E-state index in [0.29, 0.717) is 23.7 Å². The highest BCUT2D eigenvalue weighted by molar-refractivity contribution is 6.55. The number of fused-ring (bicyclic) bond motifs is 4. The van der Waals surface area contributed by atoms with Gasteiger partial charge in [0.1, 0.15) is 5.75 Å². The van der Waals surface area contributed by atoms with Gasteiger partial charge in [-0.2, -0.15) is 0 Å². The topological polar surface area (TPSA) is 41.9 Å². The highest BCUT2D eigenvalue weighted by atomic mass is 16.5. The molecular weight excluding hydrogens is 252 g/mol. The van der Waals surface area contributed by atoms with E-state index in [1.54, 1.807) is 13.2 Å². The van der Waals surface area contributed by atoms with Gasteiger partial charge in [0, 0.05) is 0 Å². The molecule has 0 amide bonds. The number of hydrogen-bond acceptors (Lipinski definition) is 4. The number of carbonyl (C=O) groups excluding carboxylic acids is 1. The van der Waals surface area contributed by atoms with Crippen LogP contribution in [-0.2, 0) is 6.54 Å². The predicted molar refractivity (Wildman–Crippen MR) is 77.0 cm³/mol. The summed E-state index contributed by atoms with van der Waals surface area (Å²) in [6.45, 7) is 0.681. The second kappa shape index (κ2) is 3.93. The first-order chi connectivity index (χ1) is 9.78. The molecule has 0 atom stereocenters. The minimum atomic E-state index is -0.0339. The first kappa shape index (κ1) is 11.2. The zero-order chi connectivity index (χ0) is 13.7. The number of Topliss-reactive ketones (excluding diaryl/α,β-unsaturated/α-hetero) is 1. The number of hydrogen-bond donors (Lipinski definition) is 0. The first-order valence-electron chi connectivity index (χ1n) is 6.45. The van der Waals surface area contributed by atoms with Gasteiger partial charge < -0.3 is 9.64 Å². The summed E-state index contributed by atoms with van der Waals surface area (Å²) in [6.07, 6.45) is 0. The van der Waals surface area contributed by atoms with E-state index in [1.165, 1.54) is 0 Å². The molecule has 0 N–H and O–H groups in total. The molecule has 0 spiro atoms. The molecule has 0 unspecified atom stereocenters. The number of anilines is 1. The van der Waals surface area contributed by atoms with Crippen LogP contribution in [0.2, 0.25) is 0 Å². The number of para-hydroxylation sites is 1. The van der Waals surface area contributed by atoms with Crippen LogP contribution in [0.4, 0.5) is 11.4 Å². The van der Waals surface area contributed by atoms with Gasteiger partial charge in [-0.25, -0.2) is 4.99 Å². The summed E-state index contributed by atoms with van der Waals surface area (Å²) in [5, 5.41) is 0. The predicted octanol–water partition coefficient (Wildman–Crippen LogP) is 2.94. The Bertz CT molecular complexity index is 765. The van der Waals surface area contributed by atoms with Crippen molar-refractivity contribution in [2.75, 3.05) is 12.0 Å². The normalized spacial score (nSPS) is 15.3. The van der Waals surface area contributed by atoms with Crippen molar-refractivity contribution in [2.45, 2.75) is 6.54 Å². The summed E-state index contributed by atoms with van der Waals surface area (Å²) in [6, 6.07) is 13.5. The van der Waals surface area contributed by atoms with Crippen molar-refractivity contribution in [1.82, 2.24) is 0 Å². The van der Waals surface area contributed by atoms with Crippen molar-refractivity contribution in [3.05, 3.63) is 53.6 Å². The van der Waals surface area contributed by atoms with Crippen LogP contribution < -0.4 is 9.64 Å². The number of ketones is 1. The summed E-state index contributed by atoms with van der Waals surface area (Å²) in [4.78, 5) is 19.0. The van der Waals surface area contributed by atoms with Gasteiger partial charge in [-0.15, -0.1) is 0 Å². The van der Waals surface area contributed by atoms with E-state index < -0.39 is 0 Å². The molecule has 0 aromatic heterocycles. The van der Waals surface area contributed by atoms with E-state index in [1.807, 2.05) is 41.3 Å². The average molecular weight is 264 g/mol. The Hall–Kier alpha value is -2.62. The maximum absolute atomic E-state index is 12.5. The molecule has 4 rings (SSSR count). The Morgan fingerprint density at radius 1 is 1.20 bits per heavy atom. The lowest BCUT2D eigenvalue weighted by atomic mass is 10.1. The fraction of sp³-hybridized carbons (Fsp3) is 0.125.